The van der Waals surface area contributed by atoms with Gasteiger partial charge in [0.1, 0.15) is 0 Å². The predicted molar refractivity (Wildman–Crippen MR) is 56.2 cm³/mol. The second-order valence-corrected chi connectivity index (χ2v) is 3.32. The summed E-state index contributed by atoms with van der Waals surface area (Å²) in [4.78, 5) is 0. The van der Waals surface area contributed by atoms with Crippen LogP contribution in [0.4, 0.5) is 0 Å². The second kappa shape index (κ2) is 3.99. The Balaban J connectivity index is 1.99. The Kier molecular flexibility index (Phi) is 2.51. The fourth-order valence-corrected chi connectivity index (χ4v) is 1.56. The molecule has 0 fully saturated rings. The van der Waals surface area contributed by atoms with Crippen molar-refractivity contribution in [3.63, 3.8) is 0 Å². The first-order valence-electron chi connectivity index (χ1n) is 4.67. The van der Waals surface area contributed by atoms with Crippen molar-refractivity contribution < 1.29 is 0 Å². The van der Waals surface area contributed by atoms with Gasteiger partial charge in [-0.2, -0.15) is 0 Å². The lowest BCUT2D eigenvalue weighted by molar-refractivity contribution is 0.761. The van der Waals surface area contributed by atoms with E-state index < -0.39 is 0 Å². The first kappa shape index (κ1) is 8.18. The fraction of sp³-hybridized carbons (Fsp3) is 0.154. The summed E-state index contributed by atoms with van der Waals surface area (Å²) >= 11 is 0. The summed E-state index contributed by atoms with van der Waals surface area (Å²) in [6.07, 6.45) is 11.9. The van der Waals surface area contributed by atoms with Crippen molar-refractivity contribution in [3.05, 3.63) is 66.6 Å². The van der Waals surface area contributed by atoms with Crippen LogP contribution in [0.5, 0.6) is 0 Å². The lowest BCUT2D eigenvalue weighted by atomic mass is 9.93. The Morgan fingerprint density at radius 3 is 2.62 bits per heavy atom. The maximum atomic E-state index is 2.24. The number of benzene rings is 1. The van der Waals surface area contributed by atoms with Gasteiger partial charge in [-0.15, -0.1) is 0 Å². The maximum Gasteiger partial charge on any atom is 0.0946 e. The minimum atomic E-state index is 0.576. The van der Waals surface area contributed by atoms with Crippen molar-refractivity contribution in [3.8, 4) is 0 Å². The Labute approximate surface area is 79.6 Å². The predicted octanol–water partition coefficient (Wildman–Crippen LogP) is 3.18. The average molecular weight is 169 g/mol. The quantitative estimate of drug-likeness (QED) is 0.596. The highest BCUT2D eigenvalue weighted by Crippen LogP contribution is 2.16. The van der Waals surface area contributed by atoms with E-state index in [1.54, 1.807) is 0 Å². The minimum absolute atomic E-state index is 0.576. The number of rotatable bonds is 2. The molecule has 1 aromatic rings. The molecule has 0 aliphatic heterocycles. The molecule has 1 unspecified atom stereocenters. The second-order valence-electron chi connectivity index (χ2n) is 3.32. The van der Waals surface area contributed by atoms with Crippen molar-refractivity contribution in [2.24, 2.45) is 5.92 Å². The van der Waals surface area contributed by atoms with Crippen LogP contribution in [0.25, 0.3) is 0 Å². The third kappa shape index (κ3) is 2.25. The molecular formula is C13H13+. The molecule has 1 atom stereocenters. The monoisotopic (exact) mass is 169 g/mol. The lowest BCUT2D eigenvalue weighted by Crippen LogP contribution is -2.02. The third-order valence-electron chi connectivity index (χ3n) is 2.25. The van der Waals surface area contributed by atoms with Crippen LogP contribution in [0.3, 0.4) is 0 Å². The molecule has 0 amide bonds. The van der Waals surface area contributed by atoms with Gasteiger partial charge in [-0.1, -0.05) is 30.3 Å². The highest BCUT2D eigenvalue weighted by Gasteiger charge is 2.11. The Hall–Kier alpha value is -1.43. The van der Waals surface area contributed by atoms with E-state index in [1.807, 2.05) is 0 Å². The van der Waals surface area contributed by atoms with Crippen LogP contribution >= 0.6 is 0 Å². The molecule has 0 heteroatoms. The summed E-state index contributed by atoms with van der Waals surface area (Å²) in [6.45, 7) is 0. The zero-order valence-electron chi connectivity index (χ0n) is 7.56. The van der Waals surface area contributed by atoms with E-state index in [1.165, 1.54) is 5.56 Å². The van der Waals surface area contributed by atoms with Gasteiger partial charge in [0.15, 0.2) is 0 Å². The average Bonchev–Trinajstić information content (AvgIpc) is 2.21. The molecule has 1 aliphatic carbocycles. The summed E-state index contributed by atoms with van der Waals surface area (Å²) < 4.78 is 0. The zero-order valence-corrected chi connectivity index (χ0v) is 7.56. The van der Waals surface area contributed by atoms with E-state index in [0.717, 1.165) is 6.42 Å². The van der Waals surface area contributed by atoms with Gasteiger partial charge < -0.3 is 0 Å². The summed E-state index contributed by atoms with van der Waals surface area (Å²) in [5, 5.41) is 0. The van der Waals surface area contributed by atoms with Crippen molar-refractivity contribution in [1.82, 2.24) is 0 Å². The summed E-state index contributed by atoms with van der Waals surface area (Å²) in [5.41, 5.74) is 1.41. The van der Waals surface area contributed by atoms with Gasteiger partial charge in [-0.05, 0) is 18.1 Å². The van der Waals surface area contributed by atoms with Crippen molar-refractivity contribution in [1.29, 1.82) is 0 Å². The molecule has 2 rings (SSSR count). The van der Waals surface area contributed by atoms with E-state index in [-0.39, 0.29) is 0 Å². The molecule has 0 spiro atoms. The van der Waals surface area contributed by atoms with Crippen LogP contribution < -0.4 is 0 Å². The van der Waals surface area contributed by atoms with Gasteiger partial charge in [0.2, 0.25) is 0 Å². The van der Waals surface area contributed by atoms with Crippen molar-refractivity contribution in [2.75, 3.05) is 0 Å². The van der Waals surface area contributed by atoms with Gasteiger partial charge in [-0.3, -0.25) is 0 Å². The molecule has 0 saturated heterocycles. The van der Waals surface area contributed by atoms with E-state index in [9.17, 15) is 0 Å². The molecule has 0 saturated carbocycles. The highest BCUT2D eigenvalue weighted by molar-refractivity contribution is 5.23. The molecule has 0 bridgehead atoms. The van der Waals surface area contributed by atoms with Gasteiger partial charge in [0.05, 0.1) is 18.1 Å². The van der Waals surface area contributed by atoms with E-state index in [2.05, 4.69) is 61.1 Å². The largest absolute Gasteiger partial charge is 0.0946 e. The van der Waals surface area contributed by atoms with Gasteiger partial charge in [0, 0.05) is 12.5 Å². The number of allylic oxidation sites excluding steroid dienone is 4. The van der Waals surface area contributed by atoms with E-state index in [4.69, 9.17) is 0 Å². The number of hydrogen-bond acceptors (Lipinski definition) is 0. The Morgan fingerprint density at radius 2 is 1.92 bits per heavy atom. The third-order valence-corrected chi connectivity index (χ3v) is 2.25. The van der Waals surface area contributed by atoms with Crippen LogP contribution in [0.2, 0.25) is 0 Å². The first-order chi connectivity index (χ1) is 6.45. The van der Waals surface area contributed by atoms with Crippen LogP contribution in [0.1, 0.15) is 5.56 Å². The number of hydrogen-bond donors (Lipinski definition) is 0. The first-order valence-corrected chi connectivity index (χ1v) is 4.67. The highest BCUT2D eigenvalue weighted by atomic mass is 14.1. The zero-order chi connectivity index (χ0) is 8.93. The molecule has 0 heterocycles. The molecule has 0 aromatic heterocycles. The normalized spacial score (nSPS) is 19.8. The molecule has 0 N–H and O–H groups in total. The molecule has 1 aliphatic rings. The van der Waals surface area contributed by atoms with Crippen LogP contribution in [-0.2, 0) is 6.42 Å². The van der Waals surface area contributed by atoms with Crippen molar-refractivity contribution in [2.45, 2.75) is 6.42 Å². The van der Waals surface area contributed by atoms with Gasteiger partial charge in [0.25, 0.3) is 0 Å². The Bertz CT molecular complexity index is 306. The SMILES string of the molecule is C1=C[CH+]C(Cc2ccccc2)C=C1. The topological polar surface area (TPSA) is 0 Å². The lowest BCUT2D eigenvalue weighted by Gasteiger charge is -2.06. The molecule has 13 heavy (non-hydrogen) atoms. The standard InChI is InChI=1S/C13H13/c1-3-7-12(8-4-1)11-13-9-5-2-6-10-13/h1-10,12H,11H2/q+1. The van der Waals surface area contributed by atoms with E-state index in [0.29, 0.717) is 5.92 Å². The molecule has 0 radical (unpaired) electrons. The van der Waals surface area contributed by atoms with E-state index >= 15 is 0 Å². The molecule has 64 valence electrons. The van der Waals surface area contributed by atoms with Gasteiger partial charge in [-0.25, -0.2) is 0 Å². The van der Waals surface area contributed by atoms with Crippen LogP contribution in [0.15, 0.2) is 54.6 Å². The Morgan fingerprint density at radius 1 is 1.08 bits per heavy atom. The van der Waals surface area contributed by atoms with Gasteiger partial charge >= 0.3 is 0 Å². The van der Waals surface area contributed by atoms with Crippen LogP contribution in [-0.4, -0.2) is 0 Å². The fourth-order valence-electron chi connectivity index (χ4n) is 1.56. The smallest absolute Gasteiger partial charge is 0.0622 e. The minimum Gasteiger partial charge on any atom is -0.0622 e. The summed E-state index contributed by atoms with van der Waals surface area (Å²) in [5.74, 6) is 0.576. The molecule has 1 aromatic carbocycles. The summed E-state index contributed by atoms with van der Waals surface area (Å²) in [6, 6.07) is 10.6. The van der Waals surface area contributed by atoms with Crippen LogP contribution in [0, 0.1) is 12.3 Å². The maximum absolute atomic E-state index is 2.24. The molecule has 0 nitrogen and oxygen atoms in total. The van der Waals surface area contributed by atoms with Crippen molar-refractivity contribution >= 4 is 0 Å². The molecular weight excluding hydrogens is 156 g/mol. The summed E-state index contributed by atoms with van der Waals surface area (Å²) in [7, 11) is 0.